The van der Waals surface area contributed by atoms with E-state index in [9.17, 15) is 34.8 Å². The van der Waals surface area contributed by atoms with Crippen LogP contribution in [-0.4, -0.2) is 55.1 Å². The molecule has 4 aliphatic carbocycles. The Kier molecular flexibility index (Phi) is 6.01. The van der Waals surface area contributed by atoms with Gasteiger partial charge in [0.15, 0.2) is 11.5 Å². The van der Waals surface area contributed by atoms with E-state index in [-0.39, 0.29) is 29.7 Å². The van der Waals surface area contributed by atoms with Gasteiger partial charge in [-0.15, -0.1) is 0 Å². The summed E-state index contributed by atoms with van der Waals surface area (Å²) in [7, 11) is 0. The molecular formula is C30H42O7. The Hall–Kier alpha value is -2.09. The molecule has 2 fully saturated rings. The average molecular weight is 515 g/mol. The summed E-state index contributed by atoms with van der Waals surface area (Å²) in [4.78, 5) is 40.1. The second-order valence-electron chi connectivity index (χ2n) is 13.9. The first-order valence-electron chi connectivity index (χ1n) is 13.2. The van der Waals surface area contributed by atoms with Crippen LogP contribution >= 0.6 is 0 Å². The highest BCUT2D eigenvalue weighted by molar-refractivity contribution is 6.02. The van der Waals surface area contributed by atoms with Gasteiger partial charge < -0.3 is 20.4 Å². The molecule has 7 nitrogen and oxygen atoms in total. The molecule has 0 radical (unpaired) electrons. The first kappa shape index (κ1) is 27.9. The number of aliphatic hydroxyl groups excluding tert-OH is 2. The number of aliphatic hydroxyl groups is 4. The summed E-state index contributed by atoms with van der Waals surface area (Å²) in [5.74, 6) is -2.98. The van der Waals surface area contributed by atoms with Gasteiger partial charge in [-0.3, -0.25) is 14.4 Å². The summed E-state index contributed by atoms with van der Waals surface area (Å²) in [6, 6.07) is 0. The zero-order chi connectivity index (χ0) is 28.1. The molecule has 0 saturated heterocycles. The molecule has 4 rings (SSSR count). The van der Waals surface area contributed by atoms with E-state index in [1.54, 1.807) is 13.8 Å². The van der Waals surface area contributed by atoms with E-state index in [2.05, 4.69) is 0 Å². The Morgan fingerprint density at radius 1 is 1.05 bits per heavy atom. The van der Waals surface area contributed by atoms with Crippen molar-refractivity contribution in [3.05, 3.63) is 35.6 Å². The molecule has 0 spiro atoms. The lowest BCUT2D eigenvalue weighted by Gasteiger charge is -2.63. The molecule has 8 atom stereocenters. The van der Waals surface area contributed by atoms with Crippen molar-refractivity contribution in [2.45, 2.75) is 92.0 Å². The van der Waals surface area contributed by atoms with Crippen molar-refractivity contribution in [2.75, 3.05) is 0 Å². The Morgan fingerprint density at radius 3 is 2.22 bits per heavy atom. The molecule has 0 heterocycles. The van der Waals surface area contributed by atoms with Gasteiger partial charge >= 0.3 is 0 Å². The third-order valence-electron chi connectivity index (χ3n) is 10.8. The lowest BCUT2D eigenvalue weighted by atomic mass is 9.39. The monoisotopic (exact) mass is 514 g/mol. The van der Waals surface area contributed by atoms with Gasteiger partial charge in [0.25, 0.3) is 0 Å². The van der Waals surface area contributed by atoms with E-state index in [1.807, 2.05) is 26.8 Å². The minimum absolute atomic E-state index is 0.0453. The van der Waals surface area contributed by atoms with Crippen molar-refractivity contribution in [2.24, 2.45) is 39.4 Å². The molecule has 0 aromatic carbocycles. The standard InChI is InChI=1S/C30H42O7/c1-25(2,36)12-11-21(33)30(8,37)23-19(32)14-27(5)20-10-9-16-17(13-18(31)24(35)26(16,3)4)29(20,7)22(34)15-28(23,27)6/h9,11-13,17,19-20,23,31-32,36-37H,10,14-15H2,1-8H3/b12-11+/t17-,19+,20+,23-,27+,28-,29+,30-/m1/s1. The molecular weight excluding hydrogens is 472 g/mol. The zero-order valence-corrected chi connectivity index (χ0v) is 23.3. The first-order valence-corrected chi connectivity index (χ1v) is 13.2. The number of allylic oxidation sites excluding steroid dienone is 4. The summed E-state index contributed by atoms with van der Waals surface area (Å²) >= 11 is 0. The quantitative estimate of drug-likeness (QED) is 0.333. The maximum absolute atomic E-state index is 14.2. The molecule has 0 amide bonds. The molecule has 0 unspecified atom stereocenters. The molecule has 37 heavy (non-hydrogen) atoms. The number of fused-ring (bicyclic) bond motifs is 5. The van der Waals surface area contributed by atoms with Crippen LogP contribution in [0.1, 0.15) is 74.7 Å². The normalized spacial score (nSPS) is 42.9. The largest absolute Gasteiger partial charge is 0.505 e. The van der Waals surface area contributed by atoms with E-state index in [1.165, 1.54) is 32.9 Å². The average Bonchev–Trinajstić information content (AvgIpc) is 2.96. The fraction of sp³-hybridized carbons (Fsp3) is 0.700. The topological polar surface area (TPSA) is 132 Å². The summed E-state index contributed by atoms with van der Waals surface area (Å²) in [5, 5.41) is 43.6. The highest BCUT2D eigenvalue weighted by Crippen LogP contribution is 2.73. The second-order valence-corrected chi connectivity index (χ2v) is 13.9. The van der Waals surface area contributed by atoms with Crippen LogP contribution in [0.2, 0.25) is 0 Å². The number of Topliss-reactive ketones (excluding diaryl/α,β-unsaturated/α-hetero) is 2. The minimum Gasteiger partial charge on any atom is -0.505 e. The number of carbonyl (C=O) groups is 3. The van der Waals surface area contributed by atoms with Crippen LogP contribution in [0.15, 0.2) is 35.6 Å². The zero-order valence-electron chi connectivity index (χ0n) is 23.3. The lowest BCUT2D eigenvalue weighted by molar-refractivity contribution is -0.179. The Bertz CT molecular complexity index is 1150. The molecule has 4 aliphatic rings. The molecule has 0 aliphatic heterocycles. The predicted molar refractivity (Wildman–Crippen MR) is 138 cm³/mol. The van der Waals surface area contributed by atoms with Gasteiger partial charge in [0.1, 0.15) is 11.4 Å². The van der Waals surface area contributed by atoms with Gasteiger partial charge in [0.2, 0.25) is 5.78 Å². The van der Waals surface area contributed by atoms with Crippen LogP contribution in [0.3, 0.4) is 0 Å². The van der Waals surface area contributed by atoms with E-state index in [0.717, 1.165) is 11.6 Å². The fourth-order valence-electron chi connectivity index (χ4n) is 8.58. The Morgan fingerprint density at radius 2 is 1.65 bits per heavy atom. The molecule has 0 aromatic rings. The third-order valence-corrected chi connectivity index (χ3v) is 10.8. The summed E-state index contributed by atoms with van der Waals surface area (Å²) in [6.07, 6.45) is 5.85. The van der Waals surface area contributed by atoms with Gasteiger partial charge in [-0.05, 0) is 76.4 Å². The maximum Gasteiger partial charge on any atom is 0.206 e. The second kappa shape index (κ2) is 7.96. The van der Waals surface area contributed by atoms with Crippen LogP contribution in [-0.2, 0) is 14.4 Å². The van der Waals surface area contributed by atoms with Crippen molar-refractivity contribution >= 4 is 17.3 Å². The number of carbonyl (C=O) groups excluding carboxylic acids is 3. The highest BCUT2D eigenvalue weighted by atomic mass is 16.3. The Balaban J connectivity index is 1.82. The van der Waals surface area contributed by atoms with Gasteiger partial charge in [-0.2, -0.15) is 0 Å². The third kappa shape index (κ3) is 3.60. The molecule has 2 saturated carbocycles. The Labute approximate surface area is 219 Å². The van der Waals surface area contributed by atoms with Crippen LogP contribution in [0.4, 0.5) is 0 Å². The summed E-state index contributed by atoms with van der Waals surface area (Å²) < 4.78 is 0. The minimum atomic E-state index is -1.96. The summed E-state index contributed by atoms with van der Waals surface area (Å²) in [6.45, 7) is 13.8. The lowest BCUT2D eigenvalue weighted by Crippen LogP contribution is -2.64. The predicted octanol–water partition coefficient (Wildman–Crippen LogP) is 3.62. The highest BCUT2D eigenvalue weighted by Gasteiger charge is 2.74. The number of rotatable bonds is 4. The molecule has 7 heteroatoms. The van der Waals surface area contributed by atoms with Crippen LogP contribution in [0, 0.1) is 39.4 Å². The smallest absolute Gasteiger partial charge is 0.206 e. The van der Waals surface area contributed by atoms with Gasteiger partial charge in [0.05, 0.1) is 17.1 Å². The van der Waals surface area contributed by atoms with Gasteiger partial charge in [-0.1, -0.05) is 38.5 Å². The van der Waals surface area contributed by atoms with Crippen molar-refractivity contribution in [3.8, 4) is 0 Å². The van der Waals surface area contributed by atoms with Crippen LogP contribution in [0.25, 0.3) is 0 Å². The first-order chi connectivity index (χ1) is 16.7. The number of hydrogen-bond acceptors (Lipinski definition) is 7. The molecule has 0 aromatic heterocycles. The van der Waals surface area contributed by atoms with Crippen molar-refractivity contribution < 1.29 is 34.8 Å². The number of hydrogen-bond donors (Lipinski definition) is 4. The molecule has 4 N–H and O–H groups in total. The SMILES string of the molecule is CC(C)(O)/C=C/C(=O)[C@@](C)(O)[C@@H]1[C@@H](O)C[C@@]2(C)[C@@H]3CC=C4[C@@H](C=C(O)C(=O)C4(C)C)[C@]3(C)C(=O)C[C@]12C. The van der Waals surface area contributed by atoms with Gasteiger partial charge in [-0.25, -0.2) is 0 Å². The van der Waals surface area contributed by atoms with Crippen LogP contribution < -0.4 is 0 Å². The fourth-order valence-corrected chi connectivity index (χ4v) is 8.58. The van der Waals surface area contributed by atoms with E-state index < -0.39 is 56.6 Å². The van der Waals surface area contributed by atoms with Crippen molar-refractivity contribution in [1.82, 2.24) is 0 Å². The number of ketones is 3. The molecule has 204 valence electrons. The van der Waals surface area contributed by atoms with Gasteiger partial charge in [0, 0.05) is 23.7 Å². The van der Waals surface area contributed by atoms with E-state index in [0.29, 0.717) is 12.8 Å². The van der Waals surface area contributed by atoms with Crippen molar-refractivity contribution in [1.29, 1.82) is 0 Å². The van der Waals surface area contributed by atoms with E-state index >= 15 is 0 Å². The maximum atomic E-state index is 14.2. The molecule has 0 bridgehead atoms. The van der Waals surface area contributed by atoms with Crippen molar-refractivity contribution in [3.63, 3.8) is 0 Å². The summed E-state index contributed by atoms with van der Waals surface area (Å²) in [5.41, 5.74) is -5.75. The van der Waals surface area contributed by atoms with E-state index in [4.69, 9.17) is 0 Å². The van der Waals surface area contributed by atoms with Crippen LogP contribution in [0.5, 0.6) is 0 Å².